The summed E-state index contributed by atoms with van der Waals surface area (Å²) in [4.78, 5) is 0. The second-order valence-electron chi connectivity index (χ2n) is 5.52. The minimum atomic E-state index is 0.373. The van der Waals surface area contributed by atoms with Crippen LogP contribution in [0.4, 0.5) is 0 Å². The van der Waals surface area contributed by atoms with Gasteiger partial charge in [-0.25, -0.2) is 0 Å². The summed E-state index contributed by atoms with van der Waals surface area (Å²) in [5.74, 6) is 2.00. The van der Waals surface area contributed by atoms with Gasteiger partial charge in [0, 0.05) is 23.7 Å². The molecule has 0 aromatic heterocycles. The van der Waals surface area contributed by atoms with E-state index in [1.54, 1.807) is 7.11 Å². The lowest BCUT2D eigenvalue weighted by Gasteiger charge is -2.22. The van der Waals surface area contributed by atoms with Crippen molar-refractivity contribution >= 4 is 11.8 Å². The predicted molar refractivity (Wildman–Crippen MR) is 90.3 cm³/mol. The second kappa shape index (κ2) is 8.66. The van der Waals surface area contributed by atoms with Crippen molar-refractivity contribution in [1.82, 2.24) is 5.32 Å². The standard InChI is InChI=1S/C17H27NO2S/c1-4-9-18-16(12-21-17-8-10-20-13(17)2)14-6-5-7-15(11-14)19-3/h5-7,11,13,16-18H,4,8-10,12H2,1-3H3. The zero-order valence-electron chi connectivity index (χ0n) is 13.3. The first-order chi connectivity index (χ1) is 10.2. The topological polar surface area (TPSA) is 30.5 Å². The van der Waals surface area contributed by atoms with Gasteiger partial charge in [0.15, 0.2) is 0 Å². The summed E-state index contributed by atoms with van der Waals surface area (Å²) in [5.41, 5.74) is 1.31. The molecule has 1 aliphatic rings. The number of methoxy groups -OCH3 is 1. The molecule has 1 fully saturated rings. The molecule has 21 heavy (non-hydrogen) atoms. The Hall–Kier alpha value is -0.710. The number of benzene rings is 1. The number of hydrogen-bond donors (Lipinski definition) is 1. The second-order valence-corrected chi connectivity index (χ2v) is 6.79. The molecule has 3 unspecified atom stereocenters. The van der Waals surface area contributed by atoms with Crippen LogP contribution >= 0.6 is 11.8 Å². The quantitative estimate of drug-likeness (QED) is 0.794. The minimum Gasteiger partial charge on any atom is -0.497 e. The third-order valence-electron chi connectivity index (χ3n) is 3.92. The molecule has 1 aromatic rings. The predicted octanol–water partition coefficient (Wildman–Crippen LogP) is 3.65. The maximum atomic E-state index is 5.66. The molecule has 4 heteroatoms. The van der Waals surface area contributed by atoms with Crippen LogP contribution in [0, 0.1) is 0 Å². The van der Waals surface area contributed by atoms with E-state index in [9.17, 15) is 0 Å². The van der Waals surface area contributed by atoms with E-state index in [1.807, 2.05) is 17.8 Å². The molecule has 2 rings (SSSR count). The number of ether oxygens (including phenoxy) is 2. The van der Waals surface area contributed by atoms with Gasteiger partial charge in [-0.2, -0.15) is 11.8 Å². The fraction of sp³-hybridized carbons (Fsp3) is 0.647. The fourth-order valence-corrected chi connectivity index (χ4v) is 3.96. The van der Waals surface area contributed by atoms with Crippen molar-refractivity contribution in [1.29, 1.82) is 0 Å². The van der Waals surface area contributed by atoms with Crippen molar-refractivity contribution in [2.24, 2.45) is 0 Å². The van der Waals surface area contributed by atoms with Crippen LogP contribution in [0.3, 0.4) is 0 Å². The number of hydrogen-bond acceptors (Lipinski definition) is 4. The largest absolute Gasteiger partial charge is 0.497 e. The first kappa shape index (κ1) is 16.7. The molecule has 3 nitrogen and oxygen atoms in total. The first-order valence-electron chi connectivity index (χ1n) is 7.85. The Balaban J connectivity index is 1.99. The molecule has 118 valence electrons. The van der Waals surface area contributed by atoms with Crippen LogP contribution in [0.15, 0.2) is 24.3 Å². The average Bonchev–Trinajstić information content (AvgIpc) is 2.93. The summed E-state index contributed by atoms with van der Waals surface area (Å²) >= 11 is 2.03. The van der Waals surface area contributed by atoms with Gasteiger partial charge in [-0.1, -0.05) is 19.1 Å². The maximum Gasteiger partial charge on any atom is 0.119 e. The summed E-state index contributed by atoms with van der Waals surface area (Å²) in [5, 5.41) is 4.29. The van der Waals surface area contributed by atoms with Gasteiger partial charge in [0.25, 0.3) is 0 Å². The highest BCUT2D eigenvalue weighted by molar-refractivity contribution is 8.00. The van der Waals surface area contributed by atoms with Crippen molar-refractivity contribution in [3.05, 3.63) is 29.8 Å². The summed E-state index contributed by atoms with van der Waals surface area (Å²) in [6, 6.07) is 8.77. The van der Waals surface area contributed by atoms with E-state index in [0.29, 0.717) is 17.4 Å². The molecule has 1 aliphatic heterocycles. The molecule has 0 saturated carbocycles. The molecule has 0 spiro atoms. The van der Waals surface area contributed by atoms with Gasteiger partial charge in [-0.05, 0) is 44.0 Å². The number of nitrogens with one attached hydrogen (secondary N) is 1. The van der Waals surface area contributed by atoms with E-state index >= 15 is 0 Å². The van der Waals surface area contributed by atoms with Gasteiger partial charge in [0.2, 0.25) is 0 Å². The van der Waals surface area contributed by atoms with Crippen molar-refractivity contribution in [3.8, 4) is 5.75 Å². The molecule has 1 aromatic carbocycles. The first-order valence-corrected chi connectivity index (χ1v) is 8.90. The Kier molecular flexibility index (Phi) is 6.87. The van der Waals surface area contributed by atoms with E-state index in [-0.39, 0.29) is 0 Å². The lowest BCUT2D eigenvalue weighted by atomic mass is 10.1. The average molecular weight is 309 g/mol. The van der Waals surface area contributed by atoms with Gasteiger partial charge in [-0.15, -0.1) is 0 Å². The molecule has 0 aliphatic carbocycles. The Bertz CT molecular complexity index is 427. The van der Waals surface area contributed by atoms with Crippen LogP contribution in [-0.2, 0) is 4.74 Å². The van der Waals surface area contributed by atoms with Crippen molar-refractivity contribution in [2.45, 2.75) is 44.1 Å². The van der Waals surface area contributed by atoms with Crippen LogP contribution < -0.4 is 10.1 Å². The maximum absolute atomic E-state index is 5.66. The van der Waals surface area contributed by atoms with Crippen molar-refractivity contribution < 1.29 is 9.47 Å². The molecule has 1 N–H and O–H groups in total. The SMILES string of the molecule is CCCNC(CSC1CCOC1C)c1cccc(OC)c1. The zero-order chi connectivity index (χ0) is 15.1. The van der Waals surface area contributed by atoms with Crippen LogP contribution in [0.1, 0.15) is 38.3 Å². The summed E-state index contributed by atoms with van der Waals surface area (Å²) < 4.78 is 11.0. The third-order valence-corrected chi connectivity index (χ3v) is 5.49. The van der Waals surface area contributed by atoms with E-state index in [0.717, 1.165) is 31.1 Å². The normalized spacial score (nSPS) is 23.2. The van der Waals surface area contributed by atoms with E-state index < -0.39 is 0 Å². The van der Waals surface area contributed by atoms with Gasteiger partial charge in [0.1, 0.15) is 5.75 Å². The Morgan fingerprint density at radius 1 is 1.48 bits per heavy atom. The Labute approximate surface area is 132 Å². The zero-order valence-corrected chi connectivity index (χ0v) is 14.1. The smallest absolute Gasteiger partial charge is 0.119 e. The highest BCUT2D eigenvalue weighted by Crippen LogP contribution is 2.30. The van der Waals surface area contributed by atoms with Crippen molar-refractivity contribution in [2.75, 3.05) is 26.0 Å². The van der Waals surface area contributed by atoms with Gasteiger partial charge in [-0.3, -0.25) is 0 Å². The van der Waals surface area contributed by atoms with Crippen LogP contribution in [-0.4, -0.2) is 37.4 Å². The summed E-state index contributed by atoms with van der Waals surface area (Å²) in [7, 11) is 1.72. The van der Waals surface area contributed by atoms with Crippen molar-refractivity contribution in [3.63, 3.8) is 0 Å². The molecular formula is C17H27NO2S. The highest BCUT2D eigenvalue weighted by Gasteiger charge is 2.25. The lowest BCUT2D eigenvalue weighted by molar-refractivity contribution is 0.127. The third kappa shape index (κ3) is 4.90. The van der Waals surface area contributed by atoms with Crippen LogP contribution in [0.2, 0.25) is 0 Å². The van der Waals surface area contributed by atoms with E-state index in [2.05, 4.69) is 37.4 Å². The minimum absolute atomic E-state index is 0.373. The highest BCUT2D eigenvalue weighted by atomic mass is 32.2. The van der Waals surface area contributed by atoms with Crippen LogP contribution in [0.25, 0.3) is 0 Å². The monoisotopic (exact) mass is 309 g/mol. The van der Waals surface area contributed by atoms with Gasteiger partial charge >= 0.3 is 0 Å². The van der Waals surface area contributed by atoms with Gasteiger partial charge in [0.05, 0.1) is 13.2 Å². The molecule has 0 amide bonds. The van der Waals surface area contributed by atoms with Crippen LogP contribution in [0.5, 0.6) is 5.75 Å². The molecule has 1 saturated heterocycles. The molecule has 0 radical (unpaired) electrons. The molecule has 1 heterocycles. The van der Waals surface area contributed by atoms with Gasteiger partial charge < -0.3 is 14.8 Å². The molecule has 3 atom stereocenters. The van der Waals surface area contributed by atoms with E-state index in [4.69, 9.17) is 9.47 Å². The fourth-order valence-electron chi connectivity index (χ4n) is 2.60. The summed E-state index contributed by atoms with van der Waals surface area (Å²) in [6.45, 7) is 6.34. The molecule has 0 bridgehead atoms. The number of thioether (sulfide) groups is 1. The lowest BCUT2D eigenvalue weighted by Crippen LogP contribution is -2.26. The number of rotatable bonds is 8. The molecular weight excluding hydrogens is 282 g/mol. The van der Waals surface area contributed by atoms with E-state index in [1.165, 1.54) is 12.0 Å². The Morgan fingerprint density at radius 2 is 2.33 bits per heavy atom. The Morgan fingerprint density at radius 3 is 3.00 bits per heavy atom. The summed E-state index contributed by atoms with van der Waals surface area (Å²) in [6.07, 6.45) is 2.70.